The molecule has 0 fully saturated rings. The Balaban J connectivity index is -0.00000000450. The summed E-state index contributed by atoms with van der Waals surface area (Å²) in [5.41, 5.74) is 0. The van der Waals surface area contributed by atoms with E-state index in [-0.39, 0.29) is 39.0 Å². The van der Waals surface area contributed by atoms with Crippen LogP contribution in [0.25, 0.3) is 0 Å². The Morgan fingerprint density at radius 3 is 1.11 bits per heavy atom. The van der Waals surface area contributed by atoms with Crippen molar-refractivity contribution in [2.45, 2.75) is 6.92 Å². The Morgan fingerprint density at radius 1 is 1.11 bits per heavy atom. The van der Waals surface area contributed by atoms with E-state index in [1.807, 2.05) is 0 Å². The molecule has 0 saturated carbocycles. The molecule has 0 aromatic carbocycles. The Morgan fingerprint density at radius 2 is 1.11 bits per heavy atom. The average molecular weight is 187 g/mol. The Kier molecular flexibility index (Phi) is 343. The van der Waals surface area contributed by atoms with Crippen LogP contribution in [0.2, 0.25) is 0 Å². The first kappa shape index (κ1) is 67.6. The first-order valence-corrected chi connectivity index (χ1v) is 0.928. The predicted molar refractivity (Wildman–Crippen MR) is 27.8 cm³/mol. The fourth-order valence-electron chi connectivity index (χ4n) is 0. The Labute approximate surface area is 62.6 Å². The van der Waals surface area contributed by atoms with Gasteiger partial charge in [-0.1, -0.05) is 0 Å². The van der Waals surface area contributed by atoms with Gasteiger partial charge in [0.1, 0.15) is 0 Å². The normalized spacial score (nSPS) is 2.78. The minimum Gasteiger partial charge on any atom is -0.481 e. The number of hydrogen-bond acceptors (Lipinski definition) is 1. The molecule has 0 amide bonds. The number of rotatable bonds is 0. The molecule has 0 bridgehead atoms. The molecule has 0 spiro atoms. The van der Waals surface area contributed by atoms with Gasteiger partial charge in [-0.3, -0.25) is 4.79 Å². The van der Waals surface area contributed by atoms with E-state index in [2.05, 4.69) is 0 Å². The monoisotopic (exact) mass is 187 g/mol. The van der Waals surface area contributed by atoms with Crippen LogP contribution in [0.4, 0.5) is 0 Å². The number of hydrogen-bond donors (Lipinski definition) is 1. The van der Waals surface area contributed by atoms with Crippen LogP contribution in [-0.2, 0) is 21.9 Å². The summed E-state index contributed by atoms with van der Waals surface area (Å²) >= 11 is 0. The topological polar surface area (TPSA) is 163 Å². The largest absolute Gasteiger partial charge is 0.481 e. The molecule has 0 heterocycles. The zero-order chi connectivity index (χ0) is 3.58. The fraction of sp³-hybridized carbons (Fsp3) is 0.500. The standard InChI is InChI=1S/C2H4O2.Mn.4H2O/c1-2(3)4;;;;;/h1H3,(H,3,4);;4*1H2. The summed E-state index contributed by atoms with van der Waals surface area (Å²) in [4.78, 5) is 9.00. The first-order chi connectivity index (χ1) is 1.73. The van der Waals surface area contributed by atoms with Gasteiger partial charge in [-0.05, 0) is 0 Å². The summed E-state index contributed by atoms with van der Waals surface area (Å²) < 4.78 is 0. The van der Waals surface area contributed by atoms with Crippen molar-refractivity contribution in [3.05, 3.63) is 0 Å². The second-order valence-corrected chi connectivity index (χ2v) is 0.519. The van der Waals surface area contributed by atoms with Crippen LogP contribution < -0.4 is 0 Å². The van der Waals surface area contributed by atoms with Crippen molar-refractivity contribution in [2.75, 3.05) is 0 Å². The number of carboxylic acids is 1. The van der Waals surface area contributed by atoms with Crippen molar-refractivity contribution in [1.82, 2.24) is 0 Å². The van der Waals surface area contributed by atoms with Gasteiger partial charge in [0.2, 0.25) is 0 Å². The van der Waals surface area contributed by atoms with E-state index < -0.39 is 5.97 Å². The summed E-state index contributed by atoms with van der Waals surface area (Å²) in [6.07, 6.45) is 0. The minimum absolute atomic E-state index is 0. The molecule has 6 nitrogen and oxygen atoms in total. The van der Waals surface area contributed by atoms with Gasteiger partial charge in [-0.15, -0.1) is 0 Å². The van der Waals surface area contributed by atoms with E-state index in [0.29, 0.717) is 0 Å². The number of carbonyl (C=O) groups is 1. The van der Waals surface area contributed by atoms with Crippen molar-refractivity contribution in [3.8, 4) is 0 Å². The number of carboxylic acid groups (broad SMARTS) is 1. The van der Waals surface area contributed by atoms with E-state index in [0.717, 1.165) is 6.92 Å². The fourth-order valence-corrected chi connectivity index (χ4v) is 0. The van der Waals surface area contributed by atoms with E-state index >= 15 is 0 Å². The van der Waals surface area contributed by atoms with Crippen LogP contribution in [0.3, 0.4) is 0 Å². The molecule has 0 unspecified atom stereocenters. The molecule has 9 N–H and O–H groups in total. The number of aliphatic carboxylic acids is 1. The third-order valence-electron chi connectivity index (χ3n) is 0. The molecule has 0 aliphatic rings. The van der Waals surface area contributed by atoms with Crippen LogP contribution in [0, 0.1) is 0 Å². The van der Waals surface area contributed by atoms with Gasteiger partial charge in [0.15, 0.2) is 0 Å². The summed E-state index contributed by atoms with van der Waals surface area (Å²) in [6, 6.07) is 0. The molecule has 0 rings (SSSR count). The van der Waals surface area contributed by atoms with Gasteiger partial charge in [0, 0.05) is 24.0 Å². The van der Waals surface area contributed by atoms with Crippen LogP contribution in [0.15, 0.2) is 0 Å². The predicted octanol–water partition coefficient (Wildman–Crippen LogP) is -3.21. The van der Waals surface area contributed by atoms with Crippen LogP contribution in [-0.4, -0.2) is 33.0 Å². The molecule has 63 valence electrons. The second-order valence-electron chi connectivity index (χ2n) is 0.519. The molecule has 0 aliphatic heterocycles. The Hall–Kier alpha value is -0.171. The molecule has 0 aliphatic carbocycles. The van der Waals surface area contributed by atoms with Crippen molar-refractivity contribution in [1.29, 1.82) is 0 Å². The molecular weight excluding hydrogens is 175 g/mol. The van der Waals surface area contributed by atoms with Gasteiger partial charge in [-0.25, -0.2) is 0 Å². The van der Waals surface area contributed by atoms with Gasteiger partial charge >= 0.3 is 0 Å². The zero-order valence-corrected chi connectivity index (χ0v) is 5.91. The van der Waals surface area contributed by atoms with E-state index in [9.17, 15) is 0 Å². The van der Waals surface area contributed by atoms with Gasteiger partial charge in [-0.2, -0.15) is 0 Å². The van der Waals surface area contributed by atoms with Crippen molar-refractivity contribution in [3.63, 3.8) is 0 Å². The summed E-state index contributed by atoms with van der Waals surface area (Å²) in [5, 5.41) is 7.42. The smallest absolute Gasteiger partial charge is 0.300 e. The van der Waals surface area contributed by atoms with Crippen molar-refractivity contribution < 1.29 is 48.9 Å². The SMILES string of the molecule is CC(=O)O.O.O.O.O.[Mn]. The van der Waals surface area contributed by atoms with Crippen LogP contribution >= 0.6 is 0 Å². The van der Waals surface area contributed by atoms with Gasteiger partial charge in [0.25, 0.3) is 5.97 Å². The first-order valence-electron chi connectivity index (χ1n) is 0.928. The van der Waals surface area contributed by atoms with E-state index in [4.69, 9.17) is 9.90 Å². The third kappa shape index (κ3) is 9150. The molecule has 1 radical (unpaired) electrons. The molecule has 0 aromatic rings. The summed E-state index contributed by atoms with van der Waals surface area (Å²) in [7, 11) is 0. The van der Waals surface area contributed by atoms with Crippen LogP contribution in [0.5, 0.6) is 0 Å². The average Bonchev–Trinajstić information content (AvgIpc) is 0.811. The van der Waals surface area contributed by atoms with Crippen molar-refractivity contribution in [2.24, 2.45) is 0 Å². The zero-order valence-electron chi connectivity index (χ0n) is 4.73. The molecule has 7 heteroatoms. The van der Waals surface area contributed by atoms with E-state index in [1.54, 1.807) is 0 Å². The molecule has 9 heavy (non-hydrogen) atoms. The van der Waals surface area contributed by atoms with Crippen molar-refractivity contribution >= 4 is 5.97 Å². The third-order valence-corrected chi connectivity index (χ3v) is 0. The maximum atomic E-state index is 9.00. The quantitative estimate of drug-likeness (QED) is 0.395. The minimum atomic E-state index is -0.833. The molecule has 0 atom stereocenters. The Bertz CT molecular complexity index is 34.0. The van der Waals surface area contributed by atoms with Gasteiger partial charge in [0.05, 0.1) is 0 Å². The maximum absolute atomic E-state index is 9.00. The maximum Gasteiger partial charge on any atom is 0.300 e. The summed E-state index contributed by atoms with van der Waals surface area (Å²) in [5.74, 6) is -0.833. The second kappa shape index (κ2) is 45.6. The van der Waals surface area contributed by atoms with Gasteiger partial charge < -0.3 is 27.0 Å². The molecular formula is C2H12MnO6. The molecule has 0 saturated heterocycles. The summed E-state index contributed by atoms with van der Waals surface area (Å²) in [6.45, 7) is 1.08. The molecule has 0 aromatic heterocycles. The van der Waals surface area contributed by atoms with E-state index in [1.165, 1.54) is 0 Å². The van der Waals surface area contributed by atoms with Crippen LogP contribution in [0.1, 0.15) is 6.92 Å².